The van der Waals surface area contributed by atoms with Crippen molar-refractivity contribution in [2.45, 2.75) is 38.2 Å². The number of benzene rings is 3. The van der Waals surface area contributed by atoms with Crippen molar-refractivity contribution in [2.75, 3.05) is 21.3 Å². The number of methoxy groups -OCH3 is 3. The van der Waals surface area contributed by atoms with Gasteiger partial charge in [-0.2, -0.15) is 8.75 Å². The second-order valence-corrected chi connectivity index (χ2v) is 10.2. The van der Waals surface area contributed by atoms with Crippen molar-refractivity contribution in [2.24, 2.45) is 0 Å². The van der Waals surface area contributed by atoms with Gasteiger partial charge in [-0.3, -0.25) is 4.79 Å². The molecule has 0 unspecified atom stereocenters. The Bertz CT molecular complexity index is 1590. The van der Waals surface area contributed by atoms with Crippen molar-refractivity contribution in [3.05, 3.63) is 76.9 Å². The van der Waals surface area contributed by atoms with Crippen molar-refractivity contribution in [1.29, 1.82) is 0 Å². The number of carboxylic acid groups (broad SMARTS) is 1. The molecular weight excluding hydrogens is 567 g/mol. The first-order valence-electron chi connectivity index (χ1n) is 13.2. The fraction of sp³-hybridized carbons (Fsp3) is 0.290. The van der Waals surface area contributed by atoms with E-state index in [-0.39, 0.29) is 53.2 Å². The van der Waals surface area contributed by atoms with Crippen LogP contribution in [0.4, 0.5) is 0 Å². The molecule has 1 aliphatic carbocycles. The number of ketones is 1. The molecule has 0 spiro atoms. The fourth-order valence-electron chi connectivity index (χ4n) is 5.08. The smallest absolute Gasteiger partial charge is 0.545 e. The predicted octanol–water partition coefficient (Wildman–Crippen LogP) is 1.67. The summed E-state index contributed by atoms with van der Waals surface area (Å²) in [6, 6.07) is 14.9. The average molecular weight is 597 g/mol. The van der Waals surface area contributed by atoms with Crippen LogP contribution in [0.2, 0.25) is 0 Å². The number of ether oxygens (including phenoxy) is 4. The van der Waals surface area contributed by atoms with E-state index >= 15 is 0 Å². The van der Waals surface area contributed by atoms with Gasteiger partial charge >= 0.3 is 29.6 Å². The minimum absolute atomic E-state index is 0. The minimum Gasteiger partial charge on any atom is -0.545 e. The van der Waals surface area contributed by atoms with E-state index in [0.29, 0.717) is 50.7 Å². The van der Waals surface area contributed by atoms with Crippen LogP contribution < -0.4 is 53.6 Å². The molecule has 212 valence electrons. The molecule has 9 nitrogen and oxygen atoms in total. The topological polar surface area (TPSA) is 120 Å². The number of aromatic nitrogens is 2. The molecule has 0 aliphatic heterocycles. The van der Waals surface area contributed by atoms with Crippen LogP contribution in [0.25, 0.3) is 16.6 Å². The SMILES string of the molecule is COc1ccc(C(=O)C(Cc2cc(OC)c(OC3CCCC3)c(OC)c2)=C(C(=O)[O-])c2ccc3nsnc3c2)cc1.[Na+]. The second-order valence-electron chi connectivity index (χ2n) is 9.70. The normalized spacial score (nSPS) is 13.7. The number of carbonyl (C=O) groups is 2. The molecule has 0 radical (unpaired) electrons. The van der Waals surface area contributed by atoms with E-state index in [0.717, 1.165) is 37.4 Å². The number of carbonyl (C=O) groups excluding carboxylic acids is 2. The third-order valence-electron chi connectivity index (χ3n) is 7.16. The van der Waals surface area contributed by atoms with Gasteiger partial charge in [0, 0.05) is 23.1 Å². The Morgan fingerprint density at radius 3 is 2.07 bits per heavy atom. The van der Waals surface area contributed by atoms with E-state index in [4.69, 9.17) is 18.9 Å². The number of hydrogen-bond donors (Lipinski definition) is 0. The summed E-state index contributed by atoms with van der Waals surface area (Å²) < 4.78 is 31.2. The fourth-order valence-corrected chi connectivity index (χ4v) is 5.60. The molecule has 11 heteroatoms. The molecule has 1 fully saturated rings. The maximum Gasteiger partial charge on any atom is 1.00 e. The number of nitrogens with zero attached hydrogens (tertiary/aromatic N) is 2. The summed E-state index contributed by atoms with van der Waals surface area (Å²) >= 11 is 1.02. The summed E-state index contributed by atoms with van der Waals surface area (Å²) in [5, 5.41) is 12.7. The van der Waals surface area contributed by atoms with Gasteiger partial charge in [-0.1, -0.05) is 6.07 Å². The van der Waals surface area contributed by atoms with Gasteiger partial charge in [0.1, 0.15) is 16.8 Å². The third kappa shape index (κ3) is 6.78. The summed E-state index contributed by atoms with van der Waals surface area (Å²) in [5.41, 5.74) is 2.16. The Morgan fingerprint density at radius 1 is 0.857 bits per heavy atom. The number of allylic oxidation sites excluding steroid dienone is 1. The van der Waals surface area contributed by atoms with Gasteiger partial charge in [-0.15, -0.1) is 0 Å². The number of hydrogen-bond acceptors (Lipinski definition) is 10. The Labute approximate surface area is 270 Å². The Kier molecular flexibility index (Phi) is 10.6. The number of Topliss-reactive ketones (excluding diaryl/α,β-unsaturated/α-hetero) is 1. The molecule has 1 aromatic heterocycles. The zero-order chi connectivity index (χ0) is 28.9. The van der Waals surface area contributed by atoms with Crippen molar-refractivity contribution in [3.8, 4) is 23.0 Å². The molecule has 42 heavy (non-hydrogen) atoms. The second kappa shape index (κ2) is 14.2. The van der Waals surface area contributed by atoms with E-state index in [1.807, 2.05) is 0 Å². The van der Waals surface area contributed by atoms with Crippen LogP contribution >= 0.6 is 11.7 Å². The molecule has 1 aliphatic rings. The monoisotopic (exact) mass is 596 g/mol. The van der Waals surface area contributed by atoms with Crippen molar-refractivity contribution in [3.63, 3.8) is 0 Å². The van der Waals surface area contributed by atoms with Gasteiger partial charge in [0.2, 0.25) is 5.75 Å². The maximum absolute atomic E-state index is 14.0. The molecule has 5 rings (SSSR count). The summed E-state index contributed by atoms with van der Waals surface area (Å²) in [5.74, 6) is -0.0164. The summed E-state index contributed by atoms with van der Waals surface area (Å²) in [6.45, 7) is 0. The van der Waals surface area contributed by atoms with E-state index in [2.05, 4.69) is 8.75 Å². The summed E-state index contributed by atoms with van der Waals surface area (Å²) in [7, 11) is 4.59. The van der Waals surface area contributed by atoms with Crippen LogP contribution in [0.3, 0.4) is 0 Å². The van der Waals surface area contributed by atoms with Crippen molar-refractivity contribution < 1.29 is 63.2 Å². The Morgan fingerprint density at radius 2 is 1.48 bits per heavy atom. The van der Waals surface area contributed by atoms with Crippen LogP contribution in [0.15, 0.2) is 60.2 Å². The molecule has 4 aromatic rings. The van der Waals surface area contributed by atoms with Crippen molar-refractivity contribution >= 4 is 40.1 Å². The Hall–Kier alpha value is -3.44. The third-order valence-corrected chi connectivity index (χ3v) is 7.72. The van der Waals surface area contributed by atoms with Crippen LogP contribution in [0, 0.1) is 0 Å². The number of carboxylic acids is 1. The van der Waals surface area contributed by atoms with Gasteiger partial charge in [0.25, 0.3) is 0 Å². The summed E-state index contributed by atoms with van der Waals surface area (Å²) in [4.78, 5) is 26.7. The van der Waals surface area contributed by atoms with Crippen LogP contribution in [-0.2, 0) is 11.2 Å². The first-order valence-corrected chi connectivity index (χ1v) is 13.9. The molecule has 1 saturated carbocycles. The average Bonchev–Trinajstić information content (AvgIpc) is 3.69. The molecule has 0 bridgehead atoms. The van der Waals surface area contributed by atoms with E-state index < -0.39 is 11.8 Å². The molecule has 1 heterocycles. The molecule has 0 amide bonds. The van der Waals surface area contributed by atoms with E-state index in [1.165, 1.54) is 21.3 Å². The standard InChI is InChI=1S/C31H30N2O7S.Na/c1-37-21-11-8-19(9-12-21)29(34)23(28(31(35)36)20-10-13-24-25(17-20)33-41-32-24)14-18-15-26(38-2)30(27(16-18)39-3)40-22-6-4-5-7-22;/h8-13,15-17,22H,4-7,14H2,1-3H3,(H,35,36);/q;+1/p-1. The molecule has 0 atom stereocenters. The van der Waals surface area contributed by atoms with Crippen LogP contribution in [-0.4, -0.2) is 47.9 Å². The largest absolute Gasteiger partial charge is 1.00 e. The Balaban J connectivity index is 0.00000405. The van der Waals surface area contributed by atoms with E-state index in [1.54, 1.807) is 54.6 Å². The molecule has 3 aromatic carbocycles. The maximum atomic E-state index is 14.0. The van der Waals surface area contributed by atoms with Gasteiger partial charge in [0.15, 0.2) is 17.3 Å². The molecule has 0 N–H and O–H groups in total. The zero-order valence-electron chi connectivity index (χ0n) is 24.0. The first-order chi connectivity index (χ1) is 19.9. The van der Waals surface area contributed by atoms with Crippen LogP contribution in [0.1, 0.15) is 47.2 Å². The quantitative estimate of drug-likeness (QED) is 0.145. The van der Waals surface area contributed by atoms with Crippen LogP contribution in [0.5, 0.6) is 23.0 Å². The zero-order valence-corrected chi connectivity index (χ0v) is 26.8. The summed E-state index contributed by atoms with van der Waals surface area (Å²) in [6.07, 6.45) is 4.12. The van der Waals surface area contributed by atoms with E-state index in [9.17, 15) is 14.7 Å². The van der Waals surface area contributed by atoms with Gasteiger partial charge < -0.3 is 28.8 Å². The minimum atomic E-state index is -1.48. The molecule has 0 saturated heterocycles. The number of rotatable bonds is 11. The van der Waals surface area contributed by atoms with Gasteiger partial charge in [-0.05, 0) is 85.3 Å². The number of aliphatic carboxylic acids is 1. The first kappa shape index (κ1) is 31.5. The number of fused-ring (bicyclic) bond motifs is 1. The molecular formula is C31H29N2NaO7S. The van der Waals surface area contributed by atoms with Gasteiger partial charge in [-0.25, -0.2) is 0 Å². The van der Waals surface area contributed by atoms with Gasteiger partial charge in [0.05, 0.1) is 45.1 Å². The van der Waals surface area contributed by atoms with Crippen molar-refractivity contribution in [1.82, 2.24) is 8.75 Å². The predicted molar refractivity (Wildman–Crippen MR) is 153 cm³/mol.